The molecule has 2 amide bonds. The van der Waals surface area contributed by atoms with Gasteiger partial charge >= 0.3 is 5.97 Å². The fourth-order valence-electron chi connectivity index (χ4n) is 1.89. The minimum Gasteiger partial charge on any atom is -0.481 e. The first-order valence-corrected chi connectivity index (χ1v) is 6.80. The number of rotatable bonds is 7. The van der Waals surface area contributed by atoms with E-state index < -0.39 is 5.97 Å². The molecule has 0 aliphatic heterocycles. The Kier molecular flexibility index (Phi) is 6.39. The maximum atomic E-state index is 12.0. The summed E-state index contributed by atoms with van der Waals surface area (Å²) in [4.78, 5) is 33.7. The Morgan fingerprint density at radius 2 is 2.00 bits per heavy atom. The van der Waals surface area contributed by atoms with Gasteiger partial charge in [0.1, 0.15) is 0 Å². The first-order chi connectivity index (χ1) is 9.92. The van der Waals surface area contributed by atoms with E-state index in [1.165, 1.54) is 6.92 Å². The molecule has 0 heterocycles. The van der Waals surface area contributed by atoms with Crippen LogP contribution in [0, 0.1) is 5.92 Å². The number of hydrogen-bond acceptors (Lipinski definition) is 3. The van der Waals surface area contributed by atoms with E-state index in [-0.39, 0.29) is 24.2 Å². The predicted molar refractivity (Wildman–Crippen MR) is 79.1 cm³/mol. The average molecular weight is 292 g/mol. The van der Waals surface area contributed by atoms with E-state index in [4.69, 9.17) is 5.11 Å². The molecule has 21 heavy (non-hydrogen) atoms. The van der Waals surface area contributed by atoms with Gasteiger partial charge < -0.3 is 15.7 Å². The largest absolute Gasteiger partial charge is 0.481 e. The number of carbonyl (C=O) groups is 3. The molecule has 0 spiro atoms. The number of aliphatic carboxylic acids is 1. The van der Waals surface area contributed by atoms with Crippen LogP contribution in [0.15, 0.2) is 24.3 Å². The lowest BCUT2D eigenvalue weighted by Gasteiger charge is -2.13. The smallest absolute Gasteiger partial charge is 0.303 e. The fraction of sp³-hybridized carbons (Fsp3) is 0.400. The molecule has 0 fully saturated rings. The number of hydrogen-bond donors (Lipinski definition) is 3. The molecular formula is C15H20N2O4. The molecule has 1 aromatic rings. The molecule has 0 aromatic heterocycles. The van der Waals surface area contributed by atoms with Gasteiger partial charge in [-0.05, 0) is 24.1 Å². The summed E-state index contributed by atoms with van der Waals surface area (Å²) < 4.78 is 0. The Bertz CT molecular complexity index is 528. The van der Waals surface area contributed by atoms with Crippen LogP contribution in [-0.4, -0.2) is 29.4 Å². The van der Waals surface area contributed by atoms with Crippen LogP contribution in [0.4, 0.5) is 5.69 Å². The molecule has 0 saturated heterocycles. The molecule has 0 radical (unpaired) electrons. The molecule has 0 aliphatic carbocycles. The molecule has 6 nitrogen and oxygen atoms in total. The second-order valence-electron chi connectivity index (χ2n) is 4.84. The summed E-state index contributed by atoms with van der Waals surface area (Å²) in [5, 5.41) is 14.1. The van der Waals surface area contributed by atoms with Crippen molar-refractivity contribution in [3.63, 3.8) is 0 Å². The van der Waals surface area contributed by atoms with Crippen molar-refractivity contribution in [3.8, 4) is 0 Å². The lowest BCUT2D eigenvalue weighted by molar-refractivity contribution is -0.138. The first-order valence-electron chi connectivity index (χ1n) is 6.80. The molecule has 1 aromatic carbocycles. The number of amides is 2. The topological polar surface area (TPSA) is 95.5 Å². The fourth-order valence-corrected chi connectivity index (χ4v) is 1.89. The molecule has 0 bridgehead atoms. The van der Waals surface area contributed by atoms with Gasteiger partial charge in [0, 0.05) is 31.1 Å². The second-order valence-corrected chi connectivity index (χ2v) is 4.84. The third-order valence-electron chi connectivity index (χ3n) is 3.04. The maximum absolute atomic E-state index is 12.0. The zero-order valence-electron chi connectivity index (χ0n) is 12.2. The van der Waals surface area contributed by atoms with Gasteiger partial charge in [0.25, 0.3) is 5.91 Å². The monoisotopic (exact) mass is 292 g/mol. The van der Waals surface area contributed by atoms with E-state index in [2.05, 4.69) is 10.6 Å². The van der Waals surface area contributed by atoms with E-state index >= 15 is 0 Å². The summed E-state index contributed by atoms with van der Waals surface area (Å²) in [7, 11) is 0. The van der Waals surface area contributed by atoms with Gasteiger partial charge in [-0.25, -0.2) is 0 Å². The summed E-state index contributed by atoms with van der Waals surface area (Å²) >= 11 is 0. The van der Waals surface area contributed by atoms with Crippen LogP contribution in [0.3, 0.4) is 0 Å². The Morgan fingerprint density at radius 1 is 1.29 bits per heavy atom. The van der Waals surface area contributed by atoms with Gasteiger partial charge in [-0.1, -0.05) is 19.4 Å². The molecular weight excluding hydrogens is 272 g/mol. The number of carboxylic acids is 1. The molecule has 3 N–H and O–H groups in total. The summed E-state index contributed by atoms with van der Waals surface area (Å²) in [6, 6.07) is 6.58. The molecule has 0 saturated carbocycles. The van der Waals surface area contributed by atoms with Crippen LogP contribution < -0.4 is 10.6 Å². The van der Waals surface area contributed by atoms with Crippen molar-refractivity contribution in [2.45, 2.75) is 26.7 Å². The molecule has 1 unspecified atom stereocenters. The molecule has 1 rings (SSSR count). The Balaban J connectivity index is 2.62. The van der Waals surface area contributed by atoms with Crippen molar-refractivity contribution in [1.29, 1.82) is 0 Å². The van der Waals surface area contributed by atoms with Crippen LogP contribution in [0.2, 0.25) is 0 Å². The van der Waals surface area contributed by atoms with E-state index in [0.717, 1.165) is 0 Å². The lowest BCUT2D eigenvalue weighted by Crippen LogP contribution is -2.30. The third kappa shape index (κ3) is 6.07. The van der Waals surface area contributed by atoms with Crippen LogP contribution >= 0.6 is 0 Å². The van der Waals surface area contributed by atoms with E-state index in [1.54, 1.807) is 24.3 Å². The van der Waals surface area contributed by atoms with Crippen molar-refractivity contribution in [1.82, 2.24) is 5.32 Å². The highest BCUT2D eigenvalue weighted by molar-refractivity contribution is 5.96. The number of carbonyl (C=O) groups excluding carboxylic acids is 2. The predicted octanol–water partition coefficient (Wildman–Crippen LogP) is 1.88. The number of anilines is 1. The zero-order chi connectivity index (χ0) is 15.8. The SMILES string of the molecule is CCC(CNC(=O)c1cccc(NC(C)=O)c1)CC(=O)O. The van der Waals surface area contributed by atoms with Gasteiger partial charge in [-0.3, -0.25) is 14.4 Å². The van der Waals surface area contributed by atoms with Gasteiger partial charge in [0.15, 0.2) is 0 Å². The van der Waals surface area contributed by atoms with E-state index in [0.29, 0.717) is 24.2 Å². The van der Waals surface area contributed by atoms with Crippen molar-refractivity contribution in [3.05, 3.63) is 29.8 Å². The molecule has 1 atom stereocenters. The van der Waals surface area contributed by atoms with E-state index in [9.17, 15) is 14.4 Å². The third-order valence-corrected chi connectivity index (χ3v) is 3.04. The normalized spacial score (nSPS) is 11.5. The van der Waals surface area contributed by atoms with Crippen LogP contribution in [0.25, 0.3) is 0 Å². The van der Waals surface area contributed by atoms with Crippen molar-refractivity contribution in [2.75, 3.05) is 11.9 Å². The second kappa shape index (κ2) is 8.04. The Morgan fingerprint density at radius 3 is 2.57 bits per heavy atom. The quantitative estimate of drug-likeness (QED) is 0.715. The molecule has 114 valence electrons. The van der Waals surface area contributed by atoms with Crippen LogP contribution in [-0.2, 0) is 9.59 Å². The van der Waals surface area contributed by atoms with Gasteiger partial charge in [-0.15, -0.1) is 0 Å². The van der Waals surface area contributed by atoms with Crippen molar-refractivity contribution >= 4 is 23.5 Å². The standard InChI is InChI=1S/C15H20N2O4/c1-3-11(7-14(19)20)9-16-15(21)12-5-4-6-13(8-12)17-10(2)18/h4-6,8,11H,3,7,9H2,1-2H3,(H,16,21)(H,17,18)(H,19,20). The highest BCUT2D eigenvalue weighted by atomic mass is 16.4. The number of benzene rings is 1. The molecule has 0 aliphatic rings. The van der Waals surface area contributed by atoms with Crippen molar-refractivity contribution < 1.29 is 19.5 Å². The summed E-state index contributed by atoms with van der Waals surface area (Å²) in [6.07, 6.45) is 0.710. The van der Waals surface area contributed by atoms with Gasteiger partial charge in [0.05, 0.1) is 0 Å². The zero-order valence-corrected chi connectivity index (χ0v) is 12.2. The van der Waals surface area contributed by atoms with E-state index in [1.807, 2.05) is 6.92 Å². The van der Waals surface area contributed by atoms with Crippen LogP contribution in [0.1, 0.15) is 37.0 Å². The average Bonchev–Trinajstić information content (AvgIpc) is 2.42. The molecule has 6 heteroatoms. The number of nitrogens with one attached hydrogen (secondary N) is 2. The van der Waals surface area contributed by atoms with Gasteiger partial charge in [-0.2, -0.15) is 0 Å². The maximum Gasteiger partial charge on any atom is 0.303 e. The minimum absolute atomic E-state index is 0.0305. The summed E-state index contributed by atoms with van der Waals surface area (Å²) in [5.74, 6) is -1.46. The van der Waals surface area contributed by atoms with Crippen molar-refractivity contribution in [2.24, 2.45) is 5.92 Å². The highest BCUT2D eigenvalue weighted by Crippen LogP contribution is 2.11. The highest BCUT2D eigenvalue weighted by Gasteiger charge is 2.13. The Labute approximate surface area is 123 Å². The number of carboxylic acid groups (broad SMARTS) is 1. The van der Waals surface area contributed by atoms with Crippen LogP contribution in [0.5, 0.6) is 0 Å². The minimum atomic E-state index is -0.872. The van der Waals surface area contributed by atoms with Gasteiger partial charge in [0.2, 0.25) is 5.91 Å². The Hall–Kier alpha value is -2.37. The first kappa shape index (κ1) is 16.7. The summed E-state index contributed by atoms with van der Waals surface area (Å²) in [5.41, 5.74) is 0.971. The summed E-state index contributed by atoms with van der Waals surface area (Å²) in [6.45, 7) is 3.59. The lowest BCUT2D eigenvalue weighted by atomic mass is 10.0.